The van der Waals surface area contributed by atoms with Gasteiger partial charge in [-0.1, -0.05) is 42.8 Å². The first-order valence-electron chi connectivity index (χ1n) is 6.83. The summed E-state index contributed by atoms with van der Waals surface area (Å²) >= 11 is 6.18. The Labute approximate surface area is 125 Å². The molecule has 0 saturated carbocycles. The van der Waals surface area contributed by atoms with E-state index in [9.17, 15) is 0 Å². The van der Waals surface area contributed by atoms with Gasteiger partial charge in [0.1, 0.15) is 12.4 Å². The van der Waals surface area contributed by atoms with Crippen molar-refractivity contribution in [3.8, 4) is 5.75 Å². The van der Waals surface area contributed by atoms with E-state index < -0.39 is 0 Å². The standard InChI is InChI=1S/C17H20ClNO/c1-3-17(19)13-6-8-15(9-7-13)20-11-14-5-4-12(2)10-16(14)18/h4-10,17H,3,11,19H2,1-2H3/t17-/m1/s1. The maximum atomic E-state index is 6.18. The van der Waals surface area contributed by atoms with Crippen LogP contribution in [0.5, 0.6) is 5.75 Å². The van der Waals surface area contributed by atoms with Crippen LogP contribution >= 0.6 is 11.6 Å². The molecule has 0 radical (unpaired) electrons. The highest BCUT2D eigenvalue weighted by Gasteiger charge is 2.04. The summed E-state index contributed by atoms with van der Waals surface area (Å²) in [6.07, 6.45) is 0.930. The average molecular weight is 290 g/mol. The van der Waals surface area contributed by atoms with Crippen molar-refractivity contribution in [1.82, 2.24) is 0 Å². The number of rotatable bonds is 5. The summed E-state index contributed by atoms with van der Waals surface area (Å²) in [6.45, 7) is 4.57. The van der Waals surface area contributed by atoms with Crippen LogP contribution in [-0.2, 0) is 6.61 Å². The van der Waals surface area contributed by atoms with E-state index in [-0.39, 0.29) is 6.04 Å². The van der Waals surface area contributed by atoms with Gasteiger partial charge in [0.25, 0.3) is 0 Å². The number of nitrogens with two attached hydrogens (primary N) is 1. The van der Waals surface area contributed by atoms with Gasteiger partial charge in [0.15, 0.2) is 0 Å². The number of hydrogen-bond donors (Lipinski definition) is 1. The van der Waals surface area contributed by atoms with E-state index in [0.29, 0.717) is 6.61 Å². The molecule has 0 spiro atoms. The maximum absolute atomic E-state index is 6.18. The minimum atomic E-state index is 0.0931. The largest absolute Gasteiger partial charge is 0.489 e. The molecule has 0 fully saturated rings. The van der Waals surface area contributed by atoms with Gasteiger partial charge in [-0.05, 0) is 42.7 Å². The first-order valence-corrected chi connectivity index (χ1v) is 7.21. The summed E-state index contributed by atoms with van der Waals surface area (Å²) in [5.74, 6) is 0.827. The van der Waals surface area contributed by atoms with Crippen molar-refractivity contribution in [3.05, 3.63) is 64.2 Å². The number of hydrogen-bond acceptors (Lipinski definition) is 2. The summed E-state index contributed by atoms with van der Waals surface area (Å²) in [5, 5.41) is 0.745. The molecule has 2 N–H and O–H groups in total. The van der Waals surface area contributed by atoms with E-state index in [1.165, 1.54) is 0 Å². The SMILES string of the molecule is CC[C@@H](N)c1ccc(OCc2ccc(C)cc2Cl)cc1. The molecule has 0 bridgehead atoms. The molecule has 3 heteroatoms. The minimum absolute atomic E-state index is 0.0931. The zero-order valence-electron chi connectivity index (χ0n) is 11.9. The highest BCUT2D eigenvalue weighted by molar-refractivity contribution is 6.31. The molecule has 2 rings (SSSR count). The van der Waals surface area contributed by atoms with Gasteiger partial charge in [0.05, 0.1) is 0 Å². The van der Waals surface area contributed by atoms with Crippen LogP contribution in [0.25, 0.3) is 0 Å². The third-order valence-corrected chi connectivity index (χ3v) is 3.70. The van der Waals surface area contributed by atoms with Crippen molar-refractivity contribution >= 4 is 11.6 Å². The zero-order chi connectivity index (χ0) is 14.5. The molecular weight excluding hydrogens is 270 g/mol. The van der Waals surface area contributed by atoms with Crippen LogP contribution < -0.4 is 10.5 Å². The van der Waals surface area contributed by atoms with Crippen molar-refractivity contribution < 1.29 is 4.74 Å². The lowest BCUT2D eigenvalue weighted by Crippen LogP contribution is -2.08. The van der Waals surface area contributed by atoms with Crippen LogP contribution in [0.15, 0.2) is 42.5 Å². The van der Waals surface area contributed by atoms with Crippen LogP contribution in [0.4, 0.5) is 0 Å². The fourth-order valence-corrected chi connectivity index (χ4v) is 2.27. The topological polar surface area (TPSA) is 35.2 Å². The second-order valence-corrected chi connectivity index (χ2v) is 5.37. The lowest BCUT2D eigenvalue weighted by atomic mass is 10.1. The van der Waals surface area contributed by atoms with Crippen molar-refractivity contribution in [2.75, 3.05) is 0 Å². The summed E-state index contributed by atoms with van der Waals surface area (Å²) in [6, 6.07) is 14.0. The van der Waals surface area contributed by atoms with Crippen LogP contribution in [-0.4, -0.2) is 0 Å². The summed E-state index contributed by atoms with van der Waals surface area (Å²) in [5.41, 5.74) is 9.26. The molecule has 0 aromatic heterocycles. The summed E-state index contributed by atoms with van der Waals surface area (Å²) < 4.78 is 5.76. The molecule has 106 valence electrons. The van der Waals surface area contributed by atoms with Gasteiger partial charge in [-0.2, -0.15) is 0 Å². The third-order valence-electron chi connectivity index (χ3n) is 3.35. The Hall–Kier alpha value is -1.51. The molecule has 0 aliphatic heterocycles. The first-order chi connectivity index (χ1) is 9.60. The molecule has 0 aliphatic rings. The molecule has 0 saturated heterocycles. The van der Waals surface area contributed by atoms with Gasteiger partial charge in [-0.3, -0.25) is 0 Å². The van der Waals surface area contributed by atoms with Crippen molar-refractivity contribution in [3.63, 3.8) is 0 Å². The fourth-order valence-electron chi connectivity index (χ4n) is 1.98. The lowest BCUT2D eigenvalue weighted by molar-refractivity contribution is 0.306. The Bertz CT molecular complexity index is 566. The number of halogens is 1. The molecule has 20 heavy (non-hydrogen) atoms. The molecule has 2 nitrogen and oxygen atoms in total. The maximum Gasteiger partial charge on any atom is 0.119 e. The predicted molar refractivity (Wildman–Crippen MR) is 84.2 cm³/mol. The first kappa shape index (κ1) is 14.9. The van der Waals surface area contributed by atoms with Crippen molar-refractivity contribution in [2.45, 2.75) is 32.9 Å². The Balaban J connectivity index is 2.00. The van der Waals surface area contributed by atoms with E-state index in [4.69, 9.17) is 22.1 Å². The molecule has 2 aromatic carbocycles. The van der Waals surface area contributed by atoms with Gasteiger partial charge in [-0.25, -0.2) is 0 Å². The Morgan fingerprint density at radius 3 is 2.45 bits per heavy atom. The number of aryl methyl sites for hydroxylation is 1. The third kappa shape index (κ3) is 3.75. The highest BCUT2D eigenvalue weighted by Crippen LogP contribution is 2.22. The van der Waals surface area contributed by atoms with Crippen molar-refractivity contribution in [2.24, 2.45) is 5.73 Å². The quantitative estimate of drug-likeness (QED) is 0.870. The summed E-state index contributed by atoms with van der Waals surface area (Å²) in [4.78, 5) is 0. The Kier molecular flexibility index (Phi) is 5.05. The van der Waals surface area contributed by atoms with Crippen molar-refractivity contribution in [1.29, 1.82) is 0 Å². The van der Waals surface area contributed by atoms with E-state index in [1.54, 1.807) is 0 Å². The monoisotopic (exact) mass is 289 g/mol. The number of benzene rings is 2. The highest BCUT2D eigenvalue weighted by atomic mass is 35.5. The van der Waals surface area contributed by atoms with Crippen LogP contribution in [0.2, 0.25) is 5.02 Å². The van der Waals surface area contributed by atoms with E-state index in [2.05, 4.69) is 6.92 Å². The van der Waals surface area contributed by atoms with Gasteiger partial charge < -0.3 is 10.5 Å². The smallest absolute Gasteiger partial charge is 0.119 e. The van der Waals surface area contributed by atoms with Gasteiger partial charge in [0, 0.05) is 16.6 Å². The lowest BCUT2D eigenvalue weighted by Gasteiger charge is -2.11. The molecule has 0 heterocycles. The Morgan fingerprint density at radius 1 is 1.15 bits per heavy atom. The Morgan fingerprint density at radius 2 is 1.85 bits per heavy atom. The van der Waals surface area contributed by atoms with Gasteiger partial charge in [0.2, 0.25) is 0 Å². The van der Waals surface area contributed by atoms with Gasteiger partial charge >= 0.3 is 0 Å². The minimum Gasteiger partial charge on any atom is -0.489 e. The summed E-state index contributed by atoms with van der Waals surface area (Å²) in [7, 11) is 0. The second-order valence-electron chi connectivity index (χ2n) is 4.97. The predicted octanol–water partition coefficient (Wildman–Crippen LogP) is 4.64. The second kappa shape index (κ2) is 6.78. The van der Waals surface area contributed by atoms with E-state index >= 15 is 0 Å². The van der Waals surface area contributed by atoms with E-state index in [0.717, 1.165) is 33.9 Å². The zero-order valence-corrected chi connectivity index (χ0v) is 12.7. The van der Waals surface area contributed by atoms with Crippen LogP contribution in [0.3, 0.4) is 0 Å². The van der Waals surface area contributed by atoms with Crippen LogP contribution in [0.1, 0.15) is 36.1 Å². The van der Waals surface area contributed by atoms with Crippen LogP contribution in [0, 0.1) is 6.92 Å². The molecule has 2 aromatic rings. The van der Waals surface area contributed by atoms with E-state index in [1.807, 2.05) is 49.4 Å². The molecule has 0 aliphatic carbocycles. The normalized spacial score (nSPS) is 12.2. The fraction of sp³-hybridized carbons (Fsp3) is 0.294. The molecule has 1 atom stereocenters. The number of ether oxygens (including phenoxy) is 1. The van der Waals surface area contributed by atoms with Gasteiger partial charge in [-0.15, -0.1) is 0 Å². The molecule has 0 amide bonds. The molecule has 0 unspecified atom stereocenters. The average Bonchev–Trinajstić information content (AvgIpc) is 2.46. The molecular formula is C17H20ClNO.